The number of likely N-dealkylation sites (tertiary alicyclic amines) is 1. The second kappa shape index (κ2) is 10.5. The van der Waals surface area contributed by atoms with Crippen molar-refractivity contribution in [2.24, 2.45) is 5.92 Å². The average molecular weight is 525 g/mol. The van der Waals surface area contributed by atoms with Gasteiger partial charge in [0.25, 0.3) is 0 Å². The first-order chi connectivity index (χ1) is 17.4. The number of methoxy groups -OCH3 is 1. The van der Waals surface area contributed by atoms with Gasteiger partial charge in [-0.15, -0.1) is 0 Å². The molecule has 9 heteroatoms. The quantitative estimate of drug-likeness (QED) is 0.398. The van der Waals surface area contributed by atoms with Crippen LogP contribution in [0.3, 0.4) is 0 Å². The summed E-state index contributed by atoms with van der Waals surface area (Å²) in [7, 11) is 1.79. The van der Waals surface area contributed by atoms with Crippen LogP contribution in [0.5, 0.6) is 0 Å². The largest absolute Gasteiger partial charge is 0.383 e. The van der Waals surface area contributed by atoms with Gasteiger partial charge in [0.05, 0.1) is 24.5 Å². The molecule has 1 saturated heterocycles. The van der Waals surface area contributed by atoms with Gasteiger partial charge >= 0.3 is 0 Å². The van der Waals surface area contributed by atoms with Crippen LogP contribution >= 0.6 is 23.2 Å². The van der Waals surface area contributed by atoms with Crippen LogP contribution in [0.25, 0.3) is 16.7 Å². The molecule has 0 spiro atoms. The predicted octanol–water partition coefficient (Wildman–Crippen LogP) is 5.91. The number of hydrogen-bond donors (Lipinski definition) is 0. The Hall–Kier alpha value is -2.50. The van der Waals surface area contributed by atoms with Gasteiger partial charge in [-0.2, -0.15) is 10.4 Å². The second-order valence-electron chi connectivity index (χ2n) is 9.88. The molecule has 0 saturated carbocycles. The Morgan fingerprint density at radius 1 is 1.31 bits per heavy atom. The van der Waals surface area contributed by atoms with Crippen LogP contribution in [0, 0.1) is 17.2 Å². The van der Waals surface area contributed by atoms with Crippen molar-refractivity contribution in [1.82, 2.24) is 24.6 Å². The number of rotatable bonds is 6. The van der Waals surface area contributed by atoms with Crippen LogP contribution in [0.2, 0.25) is 10.0 Å². The van der Waals surface area contributed by atoms with Gasteiger partial charge in [0.1, 0.15) is 11.6 Å². The highest BCUT2D eigenvalue weighted by atomic mass is 35.5. The highest BCUT2D eigenvalue weighted by Gasteiger charge is 2.35. The summed E-state index contributed by atoms with van der Waals surface area (Å²) in [5.41, 5.74) is 4.22. The van der Waals surface area contributed by atoms with Crippen molar-refractivity contribution in [3.8, 4) is 6.07 Å². The lowest BCUT2D eigenvalue weighted by atomic mass is 9.83. The first kappa shape index (κ1) is 25.2. The van der Waals surface area contributed by atoms with E-state index in [0.29, 0.717) is 39.2 Å². The number of ether oxygens (including phenoxy) is 1. The number of fused-ring (bicyclic) bond motifs is 1. The molecule has 7 nitrogen and oxygen atoms in total. The minimum absolute atomic E-state index is 0.250. The van der Waals surface area contributed by atoms with E-state index in [1.807, 2.05) is 13.0 Å². The summed E-state index contributed by atoms with van der Waals surface area (Å²) in [4.78, 5) is 12.2. The number of aromatic nitrogens is 4. The molecule has 3 unspecified atom stereocenters. The first-order valence-electron chi connectivity index (χ1n) is 12.5. The number of hydrogen-bond acceptors (Lipinski definition) is 6. The van der Waals surface area contributed by atoms with Crippen molar-refractivity contribution in [1.29, 1.82) is 5.26 Å². The molecule has 1 fully saturated rings. The Morgan fingerprint density at radius 2 is 2.14 bits per heavy atom. The normalized spacial score (nSPS) is 23.6. The molecule has 0 radical (unpaired) electrons. The fourth-order valence-corrected chi connectivity index (χ4v) is 6.35. The maximum Gasteiger partial charge on any atom is 0.190 e. The van der Waals surface area contributed by atoms with Gasteiger partial charge in [-0.05, 0) is 68.3 Å². The minimum Gasteiger partial charge on any atom is -0.383 e. The fourth-order valence-electron chi connectivity index (χ4n) is 5.78. The van der Waals surface area contributed by atoms with Crippen LogP contribution < -0.4 is 0 Å². The van der Waals surface area contributed by atoms with E-state index >= 15 is 0 Å². The molecule has 1 aliphatic heterocycles. The number of allylic oxidation sites excluding steroid dienone is 1. The smallest absolute Gasteiger partial charge is 0.190 e. The van der Waals surface area contributed by atoms with E-state index in [1.165, 1.54) is 18.4 Å². The van der Waals surface area contributed by atoms with Crippen LogP contribution in [-0.2, 0) is 4.74 Å². The Morgan fingerprint density at radius 3 is 2.86 bits per heavy atom. The van der Waals surface area contributed by atoms with Gasteiger partial charge < -0.3 is 4.74 Å². The molecular formula is C27H30Cl2N6O. The Kier molecular flexibility index (Phi) is 7.32. The number of nitrogens with zero attached hydrogens (tertiary/aromatic N) is 6. The molecule has 4 atom stereocenters. The Bertz CT molecular complexity index is 1350. The summed E-state index contributed by atoms with van der Waals surface area (Å²) < 4.78 is 7.22. The zero-order valence-corrected chi connectivity index (χ0v) is 22.3. The minimum atomic E-state index is -0.250. The lowest BCUT2D eigenvalue weighted by Crippen LogP contribution is -2.45. The number of nitriles is 1. The third-order valence-corrected chi connectivity index (χ3v) is 8.19. The summed E-state index contributed by atoms with van der Waals surface area (Å²) in [5.74, 6) is 0.492. The topological polar surface area (TPSA) is 79.9 Å². The zero-order chi connectivity index (χ0) is 25.4. The third kappa shape index (κ3) is 4.64. The van der Waals surface area contributed by atoms with Gasteiger partial charge in [-0.25, -0.2) is 14.6 Å². The number of benzene rings is 1. The van der Waals surface area contributed by atoms with Crippen LogP contribution in [-0.4, -0.2) is 57.0 Å². The zero-order valence-electron chi connectivity index (χ0n) is 20.8. The van der Waals surface area contributed by atoms with Crippen molar-refractivity contribution in [2.45, 2.75) is 57.7 Å². The van der Waals surface area contributed by atoms with E-state index in [-0.39, 0.29) is 11.7 Å². The molecule has 2 aliphatic rings. The molecule has 3 heterocycles. The highest BCUT2D eigenvalue weighted by molar-refractivity contribution is 6.35. The SMILES string of the molecule is COC[C@@H]1CCCN1C1CC=C(c2cnc3c(C#N)nn(C(C)c4ccc(Cl)cc4Cl)c3n2)CC1C. The Labute approximate surface area is 221 Å². The molecular weight excluding hydrogens is 495 g/mol. The van der Waals surface area contributed by atoms with Crippen molar-refractivity contribution < 1.29 is 4.74 Å². The van der Waals surface area contributed by atoms with Gasteiger partial charge in [0.2, 0.25) is 0 Å². The van der Waals surface area contributed by atoms with E-state index in [1.54, 1.807) is 30.1 Å². The summed E-state index contributed by atoms with van der Waals surface area (Å²) in [5, 5.41) is 15.3. The molecule has 0 bridgehead atoms. The van der Waals surface area contributed by atoms with Crippen molar-refractivity contribution in [2.75, 3.05) is 20.3 Å². The van der Waals surface area contributed by atoms with Crippen molar-refractivity contribution >= 4 is 39.9 Å². The third-order valence-electron chi connectivity index (χ3n) is 7.63. The molecule has 0 amide bonds. The van der Waals surface area contributed by atoms with Gasteiger partial charge in [0.15, 0.2) is 11.3 Å². The molecule has 3 aromatic rings. The highest BCUT2D eigenvalue weighted by Crippen LogP contribution is 2.37. The predicted molar refractivity (Wildman–Crippen MR) is 142 cm³/mol. The summed E-state index contributed by atoms with van der Waals surface area (Å²) in [6.07, 6.45) is 8.44. The number of halogens is 2. The van der Waals surface area contributed by atoms with E-state index in [0.717, 1.165) is 37.3 Å². The maximum absolute atomic E-state index is 9.68. The lowest BCUT2D eigenvalue weighted by molar-refractivity contribution is 0.0696. The summed E-state index contributed by atoms with van der Waals surface area (Å²) in [6, 6.07) is 8.32. The molecule has 188 valence electrons. The lowest BCUT2D eigenvalue weighted by Gasteiger charge is -2.39. The van der Waals surface area contributed by atoms with Crippen molar-refractivity contribution in [3.63, 3.8) is 0 Å². The molecule has 1 aromatic carbocycles. The van der Waals surface area contributed by atoms with E-state index < -0.39 is 0 Å². The molecule has 2 aromatic heterocycles. The molecule has 1 aliphatic carbocycles. The second-order valence-corrected chi connectivity index (χ2v) is 10.7. The Balaban J connectivity index is 1.47. The summed E-state index contributed by atoms with van der Waals surface area (Å²) >= 11 is 12.6. The van der Waals surface area contributed by atoms with E-state index in [2.05, 4.69) is 34.1 Å². The summed E-state index contributed by atoms with van der Waals surface area (Å²) in [6.45, 7) is 6.24. The molecule has 5 rings (SSSR count). The fraction of sp³-hybridized carbons (Fsp3) is 0.481. The average Bonchev–Trinajstić information content (AvgIpc) is 3.48. The van der Waals surface area contributed by atoms with Gasteiger partial charge in [0, 0.05) is 29.2 Å². The van der Waals surface area contributed by atoms with Gasteiger partial charge in [-0.3, -0.25) is 4.90 Å². The molecule has 0 N–H and O–H groups in total. The molecule has 36 heavy (non-hydrogen) atoms. The monoisotopic (exact) mass is 524 g/mol. The van der Waals surface area contributed by atoms with Crippen LogP contribution in [0.15, 0.2) is 30.5 Å². The maximum atomic E-state index is 9.68. The van der Waals surface area contributed by atoms with Crippen molar-refractivity contribution in [3.05, 3.63) is 57.5 Å². The standard InChI is InChI=1S/C27H30Cl2N6O/c1-16-11-18(6-9-25(16)34-10-4-5-20(34)15-36-3)24-14-31-26-23(13-30)33-35(27(26)32-24)17(2)21-8-7-19(28)12-22(21)29/h6-8,12,14,16-17,20,25H,4-5,9-11,15H2,1-3H3/t16?,17?,20-,25?/m0/s1. The first-order valence-corrected chi connectivity index (χ1v) is 13.2. The van der Waals surface area contributed by atoms with Gasteiger partial charge in [-0.1, -0.05) is 42.3 Å². The van der Waals surface area contributed by atoms with E-state index in [4.69, 9.17) is 32.9 Å². The van der Waals surface area contributed by atoms with Crippen LogP contribution in [0.4, 0.5) is 0 Å². The van der Waals surface area contributed by atoms with E-state index in [9.17, 15) is 5.26 Å². The van der Waals surface area contributed by atoms with Crippen LogP contribution in [0.1, 0.15) is 62.5 Å².